The number of anilines is 2. The highest BCUT2D eigenvalue weighted by atomic mass is 35.5. The first-order valence-corrected chi connectivity index (χ1v) is 5.92. The highest BCUT2D eigenvalue weighted by Gasteiger charge is 2.29. The van der Waals surface area contributed by atoms with Crippen molar-refractivity contribution in [1.29, 1.82) is 0 Å². The van der Waals surface area contributed by atoms with Crippen molar-refractivity contribution in [2.75, 3.05) is 11.1 Å². The Morgan fingerprint density at radius 1 is 1.20 bits per heavy atom. The zero-order chi connectivity index (χ0) is 14.8. The lowest BCUT2D eigenvalue weighted by molar-refractivity contribution is -0.137. The lowest BCUT2D eigenvalue weighted by Crippen LogP contribution is -2.07. The van der Waals surface area contributed by atoms with Crippen molar-refractivity contribution in [2.45, 2.75) is 12.7 Å². The van der Waals surface area contributed by atoms with Gasteiger partial charge in [-0.1, -0.05) is 12.1 Å². The summed E-state index contributed by atoms with van der Waals surface area (Å²) in [6.45, 7) is 0.273. The van der Waals surface area contributed by atoms with Crippen molar-refractivity contribution >= 4 is 23.1 Å². The molecule has 0 aliphatic rings. The Kier molecular flexibility index (Phi) is 3.99. The molecule has 0 atom stereocenters. The van der Waals surface area contributed by atoms with Gasteiger partial charge in [-0.3, -0.25) is 0 Å². The van der Waals surface area contributed by atoms with Gasteiger partial charge in [-0.25, -0.2) is 4.98 Å². The van der Waals surface area contributed by atoms with Gasteiger partial charge >= 0.3 is 6.18 Å². The molecule has 0 unspecified atom stereocenters. The highest BCUT2D eigenvalue weighted by molar-refractivity contribution is 6.28. The predicted molar refractivity (Wildman–Crippen MR) is 70.2 cm³/mol. The van der Waals surface area contributed by atoms with Gasteiger partial charge in [0.05, 0.1) is 17.4 Å². The summed E-state index contributed by atoms with van der Waals surface area (Å²) in [5.41, 5.74) is 5.92. The van der Waals surface area contributed by atoms with Gasteiger partial charge in [0, 0.05) is 6.54 Å². The number of nitrogens with one attached hydrogen (secondary N) is 1. The molecule has 1 heterocycles. The predicted octanol–water partition coefficient (Wildman–Crippen LogP) is 3.34. The first-order valence-electron chi connectivity index (χ1n) is 5.54. The monoisotopic (exact) mass is 302 g/mol. The van der Waals surface area contributed by atoms with Crippen LogP contribution in [0.4, 0.5) is 24.7 Å². The molecular weight excluding hydrogens is 293 g/mol. The second-order valence-electron chi connectivity index (χ2n) is 3.99. The summed E-state index contributed by atoms with van der Waals surface area (Å²) in [7, 11) is 0. The van der Waals surface area contributed by atoms with Crippen LogP contribution in [0.15, 0.2) is 30.5 Å². The molecular formula is C12H10ClF3N4. The molecule has 0 spiro atoms. The van der Waals surface area contributed by atoms with Crippen LogP contribution in [0, 0.1) is 0 Å². The van der Waals surface area contributed by atoms with Crippen LogP contribution in [0.25, 0.3) is 0 Å². The number of alkyl halides is 3. The van der Waals surface area contributed by atoms with E-state index in [0.29, 0.717) is 17.1 Å². The number of hydrogen-bond acceptors (Lipinski definition) is 4. The summed E-state index contributed by atoms with van der Waals surface area (Å²) >= 11 is 5.63. The molecule has 0 saturated carbocycles. The molecule has 4 nitrogen and oxygen atoms in total. The van der Waals surface area contributed by atoms with E-state index in [1.165, 1.54) is 18.3 Å². The normalized spacial score (nSPS) is 11.4. The highest BCUT2D eigenvalue weighted by Crippen LogP contribution is 2.29. The molecule has 2 rings (SSSR count). The first kappa shape index (κ1) is 14.4. The van der Waals surface area contributed by atoms with E-state index >= 15 is 0 Å². The minimum Gasteiger partial charge on any atom is -0.394 e. The molecule has 3 N–H and O–H groups in total. The quantitative estimate of drug-likeness (QED) is 0.854. The molecule has 0 saturated heterocycles. The molecule has 2 aromatic rings. The standard InChI is InChI=1S/C12H10ClF3N4/c13-11-19-6-9(17)10(20-11)18-5-7-1-3-8(4-2-7)12(14,15)16/h1-4,6H,5,17H2,(H,18,19,20). The number of nitrogen functional groups attached to an aromatic ring is 1. The van der Waals surface area contributed by atoms with Gasteiger partial charge < -0.3 is 11.1 Å². The molecule has 0 amide bonds. The average molecular weight is 303 g/mol. The average Bonchev–Trinajstić information content (AvgIpc) is 2.39. The lowest BCUT2D eigenvalue weighted by Gasteiger charge is -2.10. The maximum Gasteiger partial charge on any atom is 0.416 e. The van der Waals surface area contributed by atoms with Crippen molar-refractivity contribution in [3.8, 4) is 0 Å². The van der Waals surface area contributed by atoms with E-state index in [2.05, 4.69) is 15.3 Å². The molecule has 0 aliphatic carbocycles. The Morgan fingerprint density at radius 3 is 2.45 bits per heavy atom. The number of nitrogens with two attached hydrogens (primary N) is 1. The minimum atomic E-state index is -4.34. The van der Waals surface area contributed by atoms with E-state index in [9.17, 15) is 13.2 Å². The number of hydrogen-bond donors (Lipinski definition) is 2. The van der Waals surface area contributed by atoms with Gasteiger partial charge in [0.1, 0.15) is 0 Å². The Hall–Kier alpha value is -2.02. The fourth-order valence-corrected chi connectivity index (χ4v) is 1.64. The second kappa shape index (κ2) is 5.54. The molecule has 0 radical (unpaired) electrons. The Labute approximate surface area is 117 Å². The maximum absolute atomic E-state index is 12.4. The van der Waals surface area contributed by atoms with Crippen molar-refractivity contribution in [3.63, 3.8) is 0 Å². The third-order valence-electron chi connectivity index (χ3n) is 2.53. The van der Waals surface area contributed by atoms with Gasteiger partial charge in [-0.2, -0.15) is 18.2 Å². The Morgan fingerprint density at radius 2 is 1.85 bits per heavy atom. The van der Waals surface area contributed by atoms with Crippen LogP contribution in [0.2, 0.25) is 5.28 Å². The smallest absolute Gasteiger partial charge is 0.394 e. The van der Waals surface area contributed by atoms with Crippen LogP contribution in [0.5, 0.6) is 0 Å². The van der Waals surface area contributed by atoms with Crippen LogP contribution in [-0.2, 0) is 12.7 Å². The zero-order valence-corrected chi connectivity index (χ0v) is 10.8. The summed E-state index contributed by atoms with van der Waals surface area (Å²) in [6.07, 6.45) is -2.99. The fourth-order valence-electron chi connectivity index (χ4n) is 1.51. The van der Waals surface area contributed by atoms with Crippen molar-refractivity contribution in [3.05, 3.63) is 46.9 Å². The third kappa shape index (κ3) is 3.51. The largest absolute Gasteiger partial charge is 0.416 e. The maximum atomic E-state index is 12.4. The van der Waals surface area contributed by atoms with Gasteiger partial charge in [0.15, 0.2) is 5.82 Å². The molecule has 1 aromatic carbocycles. The van der Waals surface area contributed by atoms with E-state index in [4.69, 9.17) is 17.3 Å². The number of benzene rings is 1. The second-order valence-corrected chi connectivity index (χ2v) is 4.33. The number of rotatable bonds is 3. The number of aromatic nitrogens is 2. The minimum absolute atomic E-state index is 0.0362. The molecule has 106 valence electrons. The number of halogens is 4. The first-order chi connectivity index (χ1) is 9.36. The van der Waals surface area contributed by atoms with Crippen LogP contribution in [-0.4, -0.2) is 9.97 Å². The molecule has 0 aliphatic heterocycles. The van der Waals surface area contributed by atoms with Gasteiger partial charge in [-0.05, 0) is 29.3 Å². The molecule has 0 fully saturated rings. The Bertz CT molecular complexity index is 599. The van der Waals surface area contributed by atoms with Crippen molar-refractivity contribution in [2.24, 2.45) is 0 Å². The van der Waals surface area contributed by atoms with Crippen LogP contribution < -0.4 is 11.1 Å². The van der Waals surface area contributed by atoms with E-state index < -0.39 is 11.7 Å². The summed E-state index contributed by atoms with van der Waals surface area (Å²) in [4.78, 5) is 7.58. The fraction of sp³-hybridized carbons (Fsp3) is 0.167. The topological polar surface area (TPSA) is 63.8 Å². The molecule has 8 heteroatoms. The van der Waals surface area contributed by atoms with Gasteiger partial charge in [-0.15, -0.1) is 0 Å². The summed E-state index contributed by atoms with van der Waals surface area (Å²) in [6, 6.07) is 4.81. The lowest BCUT2D eigenvalue weighted by atomic mass is 10.1. The zero-order valence-electron chi connectivity index (χ0n) is 10.1. The van der Waals surface area contributed by atoms with E-state index in [0.717, 1.165) is 12.1 Å². The van der Waals surface area contributed by atoms with Crippen LogP contribution in [0.3, 0.4) is 0 Å². The van der Waals surface area contributed by atoms with Crippen molar-refractivity contribution < 1.29 is 13.2 Å². The summed E-state index contributed by atoms with van der Waals surface area (Å²) in [5.74, 6) is 0.338. The molecule has 0 bridgehead atoms. The SMILES string of the molecule is Nc1cnc(Cl)nc1NCc1ccc(C(F)(F)F)cc1. The van der Waals surface area contributed by atoms with Crippen LogP contribution in [0.1, 0.15) is 11.1 Å². The van der Waals surface area contributed by atoms with Gasteiger partial charge in [0.25, 0.3) is 0 Å². The third-order valence-corrected chi connectivity index (χ3v) is 2.71. The van der Waals surface area contributed by atoms with E-state index in [1.807, 2.05) is 0 Å². The number of nitrogens with zero attached hydrogens (tertiary/aromatic N) is 2. The van der Waals surface area contributed by atoms with Gasteiger partial charge in [0.2, 0.25) is 5.28 Å². The van der Waals surface area contributed by atoms with E-state index in [1.54, 1.807) is 0 Å². The molecule has 20 heavy (non-hydrogen) atoms. The summed E-state index contributed by atoms with van der Waals surface area (Å²) < 4.78 is 37.2. The Balaban J connectivity index is 2.06. The van der Waals surface area contributed by atoms with Crippen LogP contribution >= 0.6 is 11.6 Å². The van der Waals surface area contributed by atoms with Crippen molar-refractivity contribution in [1.82, 2.24) is 9.97 Å². The summed E-state index contributed by atoms with van der Waals surface area (Å²) in [5, 5.41) is 2.92. The van der Waals surface area contributed by atoms with E-state index in [-0.39, 0.29) is 11.8 Å². The molecule has 1 aromatic heterocycles.